The minimum atomic E-state index is -4.67. The summed E-state index contributed by atoms with van der Waals surface area (Å²) in [5, 5.41) is 7.64. The van der Waals surface area contributed by atoms with Crippen LogP contribution in [0.15, 0.2) is 54.7 Å². The number of carbonyl (C=O) groups excluding carboxylic acids is 1. The molecule has 3 rings (SSSR count). The van der Waals surface area contributed by atoms with Crippen molar-refractivity contribution in [2.75, 3.05) is 29.0 Å². The molecule has 0 bridgehead atoms. The summed E-state index contributed by atoms with van der Waals surface area (Å²) in [6.45, 7) is 0.147. The molecule has 0 aliphatic heterocycles. The summed E-state index contributed by atoms with van der Waals surface area (Å²) in [7, 11) is 0. The highest BCUT2D eigenvalue weighted by atomic mass is 35.5. The fourth-order valence-corrected chi connectivity index (χ4v) is 3.11. The van der Waals surface area contributed by atoms with E-state index < -0.39 is 35.2 Å². The van der Waals surface area contributed by atoms with E-state index >= 15 is 0 Å². The first-order chi connectivity index (χ1) is 16.3. The number of amides is 1. The molecule has 0 saturated carbocycles. The Balaban J connectivity index is 1.70. The maximum Gasteiger partial charge on any atom is 0.417 e. The van der Waals surface area contributed by atoms with Crippen LogP contribution in [-0.2, 0) is 12.4 Å². The van der Waals surface area contributed by atoms with Crippen LogP contribution in [0.25, 0.3) is 0 Å². The van der Waals surface area contributed by atoms with E-state index in [4.69, 9.17) is 11.6 Å². The first-order valence-corrected chi connectivity index (χ1v) is 10.2. The average Bonchev–Trinajstić information content (AvgIpc) is 2.77. The second-order valence-corrected chi connectivity index (χ2v) is 7.53. The van der Waals surface area contributed by atoms with Gasteiger partial charge in [-0.15, -0.1) is 0 Å². The molecule has 0 aliphatic carbocycles. The molecule has 1 heterocycles. The number of anilines is 3. The van der Waals surface area contributed by atoms with E-state index in [-0.39, 0.29) is 40.9 Å². The highest BCUT2D eigenvalue weighted by Crippen LogP contribution is 2.35. The van der Waals surface area contributed by atoms with Crippen molar-refractivity contribution in [2.45, 2.75) is 12.4 Å². The molecular formula is C22H16ClF7N4O. The third kappa shape index (κ3) is 6.98. The van der Waals surface area contributed by atoms with E-state index in [0.29, 0.717) is 12.3 Å². The van der Waals surface area contributed by atoms with Gasteiger partial charge in [-0.25, -0.2) is 9.37 Å². The Kier molecular flexibility index (Phi) is 7.73. The van der Waals surface area contributed by atoms with Gasteiger partial charge >= 0.3 is 12.4 Å². The average molecular weight is 521 g/mol. The fraction of sp³-hybridized carbons (Fsp3) is 0.182. The van der Waals surface area contributed by atoms with Crippen molar-refractivity contribution in [3.05, 3.63) is 82.3 Å². The summed E-state index contributed by atoms with van der Waals surface area (Å²) in [5.74, 6) is -1.36. The highest BCUT2D eigenvalue weighted by molar-refractivity contribution is 6.33. The smallest absolute Gasteiger partial charge is 0.382 e. The van der Waals surface area contributed by atoms with E-state index in [1.165, 1.54) is 12.1 Å². The number of aromatic nitrogens is 1. The Hall–Kier alpha value is -3.54. The fourth-order valence-electron chi connectivity index (χ4n) is 2.87. The Bertz CT molecular complexity index is 1200. The summed E-state index contributed by atoms with van der Waals surface area (Å²) in [6, 6.07) is 7.81. The normalized spacial score (nSPS) is 11.8. The number of nitrogens with zero attached hydrogens (tertiary/aromatic N) is 1. The molecule has 5 nitrogen and oxygen atoms in total. The van der Waals surface area contributed by atoms with Crippen LogP contribution in [-0.4, -0.2) is 24.0 Å². The minimum absolute atomic E-state index is 0.0151. The van der Waals surface area contributed by atoms with Gasteiger partial charge in [0.05, 0.1) is 27.5 Å². The zero-order chi connectivity index (χ0) is 25.8. The zero-order valence-corrected chi connectivity index (χ0v) is 18.2. The molecule has 186 valence electrons. The topological polar surface area (TPSA) is 66.1 Å². The number of hydrogen-bond acceptors (Lipinski definition) is 4. The van der Waals surface area contributed by atoms with Crippen LogP contribution < -0.4 is 16.0 Å². The van der Waals surface area contributed by atoms with Crippen molar-refractivity contribution in [1.29, 1.82) is 0 Å². The molecule has 3 N–H and O–H groups in total. The van der Waals surface area contributed by atoms with E-state index in [1.54, 1.807) is 0 Å². The maximum atomic E-state index is 13.2. The van der Waals surface area contributed by atoms with Gasteiger partial charge in [0, 0.05) is 24.8 Å². The lowest BCUT2D eigenvalue weighted by Crippen LogP contribution is -2.18. The second kappa shape index (κ2) is 10.4. The van der Waals surface area contributed by atoms with Crippen LogP contribution in [0, 0.1) is 5.82 Å². The van der Waals surface area contributed by atoms with Gasteiger partial charge in [0.1, 0.15) is 11.6 Å². The SMILES string of the molecule is O=C(Nc1cc(C(F)(F)F)ccc1NCCNc1ncc(C(F)(F)F)cc1Cl)c1ccc(F)cc1. The third-order valence-electron chi connectivity index (χ3n) is 4.60. The van der Waals surface area contributed by atoms with Crippen molar-refractivity contribution in [3.63, 3.8) is 0 Å². The van der Waals surface area contributed by atoms with Gasteiger partial charge in [0.15, 0.2) is 0 Å². The van der Waals surface area contributed by atoms with E-state index in [1.807, 2.05) is 0 Å². The molecule has 2 aromatic carbocycles. The number of pyridine rings is 1. The van der Waals surface area contributed by atoms with Crippen LogP contribution in [0.5, 0.6) is 0 Å². The predicted octanol–water partition coefficient (Wildman–Crippen LogP) is 6.69. The lowest BCUT2D eigenvalue weighted by Gasteiger charge is -2.17. The van der Waals surface area contributed by atoms with E-state index in [0.717, 1.165) is 30.3 Å². The van der Waals surface area contributed by atoms with E-state index in [2.05, 4.69) is 20.9 Å². The number of hydrogen-bond donors (Lipinski definition) is 3. The molecule has 0 saturated heterocycles. The number of alkyl halides is 6. The molecule has 1 amide bonds. The molecule has 0 atom stereocenters. The van der Waals surface area contributed by atoms with Gasteiger partial charge in [-0.3, -0.25) is 4.79 Å². The quantitative estimate of drug-likeness (QED) is 0.240. The van der Waals surface area contributed by atoms with Gasteiger partial charge < -0.3 is 16.0 Å². The number of benzene rings is 2. The van der Waals surface area contributed by atoms with Crippen molar-refractivity contribution in [3.8, 4) is 0 Å². The number of nitrogens with one attached hydrogen (secondary N) is 3. The molecule has 0 spiro atoms. The van der Waals surface area contributed by atoms with Gasteiger partial charge in [0.25, 0.3) is 5.91 Å². The summed E-state index contributed by atoms with van der Waals surface area (Å²) in [6.07, 6.45) is -8.66. The van der Waals surface area contributed by atoms with Crippen LogP contribution in [0.4, 0.5) is 47.9 Å². The van der Waals surface area contributed by atoms with Crippen LogP contribution in [0.2, 0.25) is 5.02 Å². The molecular weight excluding hydrogens is 505 g/mol. The summed E-state index contributed by atoms with van der Waals surface area (Å²) in [4.78, 5) is 16.1. The van der Waals surface area contributed by atoms with Crippen molar-refractivity contribution < 1.29 is 35.5 Å². The zero-order valence-electron chi connectivity index (χ0n) is 17.5. The number of halogens is 8. The van der Waals surface area contributed by atoms with Gasteiger partial charge in [-0.05, 0) is 48.5 Å². The Morgan fingerprint density at radius 2 is 1.46 bits per heavy atom. The lowest BCUT2D eigenvalue weighted by atomic mass is 10.1. The second-order valence-electron chi connectivity index (χ2n) is 7.12. The summed E-state index contributed by atoms with van der Waals surface area (Å²) in [5.41, 5.74) is -2.03. The Morgan fingerprint density at radius 3 is 2.06 bits per heavy atom. The first kappa shape index (κ1) is 26.1. The third-order valence-corrected chi connectivity index (χ3v) is 4.89. The molecule has 0 unspecified atom stereocenters. The molecule has 0 radical (unpaired) electrons. The van der Waals surface area contributed by atoms with Gasteiger partial charge in [-0.2, -0.15) is 26.3 Å². The number of carbonyl (C=O) groups is 1. The van der Waals surface area contributed by atoms with Crippen LogP contribution in [0.3, 0.4) is 0 Å². The standard InChI is InChI=1S/C22H16ClF7N4O/c23-16-9-14(22(28,29)30)11-33-19(16)32-8-7-31-17-6-3-13(21(25,26)27)10-18(17)34-20(35)12-1-4-15(24)5-2-12/h1-6,9-11,31H,7-8H2,(H,32,33)(H,34,35). The van der Waals surface area contributed by atoms with Crippen molar-refractivity contribution in [1.82, 2.24) is 4.98 Å². The molecule has 1 aromatic heterocycles. The first-order valence-electron chi connectivity index (χ1n) is 9.83. The summed E-state index contributed by atoms with van der Waals surface area (Å²) < 4.78 is 90.7. The molecule has 0 fully saturated rings. The predicted molar refractivity (Wildman–Crippen MR) is 117 cm³/mol. The molecule has 35 heavy (non-hydrogen) atoms. The van der Waals surface area contributed by atoms with Crippen molar-refractivity contribution >= 4 is 34.7 Å². The largest absolute Gasteiger partial charge is 0.417 e. The monoisotopic (exact) mass is 520 g/mol. The number of rotatable bonds is 7. The molecule has 13 heteroatoms. The molecule has 0 aliphatic rings. The van der Waals surface area contributed by atoms with Crippen LogP contribution >= 0.6 is 11.6 Å². The van der Waals surface area contributed by atoms with Crippen LogP contribution in [0.1, 0.15) is 21.5 Å². The van der Waals surface area contributed by atoms with E-state index in [9.17, 15) is 35.5 Å². The van der Waals surface area contributed by atoms with Crippen molar-refractivity contribution in [2.24, 2.45) is 0 Å². The molecule has 3 aromatic rings. The van der Waals surface area contributed by atoms with Gasteiger partial charge in [-0.1, -0.05) is 11.6 Å². The Morgan fingerprint density at radius 1 is 0.829 bits per heavy atom. The lowest BCUT2D eigenvalue weighted by molar-refractivity contribution is -0.138. The van der Waals surface area contributed by atoms with Gasteiger partial charge in [0.2, 0.25) is 0 Å². The summed E-state index contributed by atoms with van der Waals surface area (Å²) >= 11 is 5.82. The minimum Gasteiger partial charge on any atom is -0.382 e. The highest BCUT2D eigenvalue weighted by Gasteiger charge is 2.32. The maximum absolute atomic E-state index is 13.2. The Labute approximate surface area is 199 Å².